The molecular weight excluding hydrogens is 228 g/mol. The Balaban J connectivity index is 2.42. The van der Waals surface area contributed by atoms with Gasteiger partial charge in [-0.15, -0.1) is 0 Å². The Kier molecular flexibility index (Phi) is 3.75. The Morgan fingerprint density at radius 1 is 1.12 bits per heavy atom. The van der Waals surface area contributed by atoms with Crippen LogP contribution in [0.5, 0.6) is 5.75 Å². The summed E-state index contributed by atoms with van der Waals surface area (Å²) in [5.41, 5.74) is 3.59. The average molecular weight is 244 g/mol. The number of benzene rings is 2. The Hall–Kier alpha value is -1.41. The molecule has 17 heavy (non-hydrogen) atoms. The van der Waals surface area contributed by atoms with Crippen molar-refractivity contribution in [3.8, 4) is 5.75 Å². The van der Waals surface area contributed by atoms with E-state index < -0.39 is 0 Å². The number of phenols is 1. The lowest BCUT2D eigenvalue weighted by Gasteiger charge is -2.18. The monoisotopic (exact) mass is 244 g/mol. The summed E-state index contributed by atoms with van der Waals surface area (Å²) in [5, 5.41) is 9.44. The standard InChI is InChI=1S/C15H16OS/c1-11-9-13(16)7-8-14(11)15(10-17)12-5-3-2-4-6-12/h2-9,15-17H,10H2,1H3. The molecule has 0 saturated heterocycles. The van der Waals surface area contributed by atoms with Crippen molar-refractivity contribution >= 4 is 12.6 Å². The number of phenolic OH excluding ortho intramolecular Hbond substituents is 1. The Bertz CT molecular complexity index is 494. The third-order valence-corrected chi connectivity index (χ3v) is 3.38. The van der Waals surface area contributed by atoms with Crippen LogP contribution in [0.2, 0.25) is 0 Å². The average Bonchev–Trinajstić information content (AvgIpc) is 2.34. The van der Waals surface area contributed by atoms with Crippen LogP contribution < -0.4 is 0 Å². The molecule has 2 aromatic rings. The topological polar surface area (TPSA) is 20.2 Å². The van der Waals surface area contributed by atoms with Gasteiger partial charge in [-0.25, -0.2) is 0 Å². The first-order valence-electron chi connectivity index (χ1n) is 5.67. The molecule has 1 N–H and O–H groups in total. The van der Waals surface area contributed by atoms with Crippen LogP contribution in [0.25, 0.3) is 0 Å². The minimum atomic E-state index is 0.278. The zero-order valence-electron chi connectivity index (χ0n) is 9.80. The molecule has 0 saturated carbocycles. The maximum atomic E-state index is 9.44. The van der Waals surface area contributed by atoms with E-state index in [1.54, 1.807) is 12.1 Å². The van der Waals surface area contributed by atoms with Crippen molar-refractivity contribution in [2.45, 2.75) is 12.8 Å². The molecule has 0 radical (unpaired) electrons. The first-order chi connectivity index (χ1) is 8.22. The van der Waals surface area contributed by atoms with Gasteiger partial charge in [0.1, 0.15) is 5.75 Å². The van der Waals surface area contributed by atoms with Gasteiger partial charge >= 0.3 is 0 Å². The van der Waals surface area contributed by atoms with Gasteiger partial charge in [0.15, 0.2) is 0 Å². The molecular formula is C15H16OS. The summed E-state index contributed by atoms with van der Waals surface area (Å²) >= 11 is 4.45. The highest BCUT2D eigenvalue weighted by atomic mass is 32.1. The van der Waals surface area contributed by atoms with E-state index in [0.717, 1.165) is 11.3 Å². The number of rotatable bonds is 3. The van der Waals surface area contributed by atoms with Crippen molar-refractivity contribution in [1.82, 2.24) is 0 Å². The van der Waals surface area contributed by atoms with E-state index in [0.29, 0.717) is 5.75 Å². The van der Waals surface area contributed by atoms with Gasteiger partial charge in [0, 0.05) is 11.7 Å². The van der Waals surface area contributed by atoms with Crippen molar-refractivity contribution in [2.75, 3.05) is 5.75 Å². The summed E-state index contributed by atoms with van der Waals surface area (Å²) in [6.07, 6.45) is 0. The molecule has 1 nitrogen and oxygen atoms in total. The largest absolute Gasteiger partial charge is 0.508 e. The van der Waals surface area contributed by atoms with Crippen LogP contribution in [-0.4, -0.2) is 10.9 Å². The van der Waals surface area contributed by atoms with Gasteiger partial charge < -0.3 is 5.11 Å². The van der Waals surface area contributed by atoms with Crippen LogP contribution >= 0.6 is 12.6 Å². The fourth-order valence-electron chi connectivity index (χ4n) is 2.12. The predicted octanol–water partition coefficient (Wildman–Crippen LogP) is 3.76. The van der Waals surface area contributed by atoms with Crippen molar-refractivity contribution < 1.29 is 5.11 Å². The Morgan fingerprint density at radius 3 is 2.41 bits per heavy atom. The zero-order valence-corrected chi connectivity index (χ0v) is 10.7. The number of hydrogen-bond donors (Lipinski definition) is 2. The molecule has 0 heterocycles. The van der Waals surface area contributed by atoms with Crippen LogP contribution in [0, 0.1) is 6.92 Å². The molecule has 0 fully saturated rings. The van der Waals surface area contributed by atoms with Gasteiger partial charge in [0.2, 0.25) is 0 Å². The van der Waals surface area contributed by atoms with E-state index in [2.05, 4.69) is 24.8 Å². The maximum absolute atomic E-state index is 9.44. The van der Waals surface area contributed by atoms with Crippen molar-refractivity contribution in [2.24, 2.45) is 0 Å². The fraction of sp³-hybridized carbons (Fsp3) is 0.200. The summed E-state index contributed by atoms with van der Waals surface area (Å²) in [6.45, 7) is 2.02. The predicted molar refractivity (Wildman–Crippen MR) is 75.0 cm³/mol. The zero-order chi connectivity index (χ0) is 12.3. The molecule has 2 rings (SSSR count). The van der Waals surface area contributed by atoms with E-state index in [4.69, 9.17) is 0 Å². The normalized spacial score (nSPS) is 12.4. The lowest BCUT2D eigenvalue weighted by Crippen LogP contribution is -2.04. The van der Waals surface area contributed by atoms with Crippen LogP contribution in [0.4, 0.5) is 0 Å². The number of aromatic hydroxyl groups is 1. The Morgan fingerprint density at radius 2 is 1.82 bits per heavy atom. The summed E-state index contributed by atoms with van der Waals surface area (Å²) in [4.78, 5) is 0. The second kappa shape index (κ2) is 5.28. The number of hydrogen-bond acceptors (Lipinski definition) is 2. The van der Waals surface area contributed by atoms with Crippen molar-refractivity contribution in [3.63, 3.8) is 0 Å². The highest BCUT2D eigenvalue weighted by Gasteiger charge is 2.14. The molecule has 0 aliphatic rings. The lowest BCUT2D eigenvalue weighted by molar-refractivity contribution is 0.474. The van der Waals surface area contributed by atoms with Gasteiger partial charge in [0.25, 0.3) is 0 Å². The molecule has 1 atom stereocenters. The highest BCUT2D eigenvalue weighted by molar-refractivity contribution is 7.80. The van der Waals surface area contributed by atoms with Crippen molar-refractivity contribution in [1.29, 1.82) is 0 Å². The molecule has 2 heteroatoms. The van der Waals surface area contributed by atoms with E-state index >= 15 is 0 Å². The van der Waals surface area contributed by atoms with E-state index in [-0.39, 0.29) is 5.92 Å². The minimum Gasteiger partial charge on any atom is -0.508 e. The fourth-order valence-corrected chi connectivity index (χ4v) is 2.53. The van der Waals surface area contributed by atoms with E-state index in [1.165, 1.54) is 11.1 Å². The van der Waals surface area contributed by atoms with Gasteiger partial charge in [0.05, 0.1) is 0 Å². The second-order valence-corrected chi connectivity index (χ2v) is 4.55. The molecule has 88 valence electrons. The van der Waals surface area contributed by atoms with Crippen LogP contribution in [0.1, 0.15) is 22.6 Å². The third-order valence-electron chi connectivity index (χ3n) is 3.01. The lowest BCUT2D eigenvalue weighted by atomic mass is 9.90. The van der Waals surface area contributed by atoms with Crippen molar-refractivity contribution in [3.05, 3.63) is 65.2 Å². The van der Waals surface area contributed by atoms with E-state index in [9.17, 15) is 5.11 Å². The molecule has 2 aromatic carbocycles. The van der Waals surface area contributed by atoms with Gasteiger partial charge in [-0.2, -0.15) is 12.6 Å². The molecule has 0 aliphatic carbocycles. The molecule has 0 aromatic heterocycles. The highest BCUT2D eigenvalue weighted by Crippen LogP contribution is 2.29. The van der Waals surface area contributed by atoms with Gasteiger partial charge in [-0.05, 0) is 35.7 Å². The summed E-state index contributed by atoms with van der Waals surface area (Å²) in [5.74, 6) is 1.35. The molecule has 0 amide bonds. The first-order valence-corrected chi connectivity index (χ1v) is 6.31. The third kappa shape index (κ3) is 2.64. The first kappa shape index (κ1) is 12.1. The quantitative estimate of drug-likeness (QED) is 0.788. The molecule has 0 aliphatic heterocycles. The van der Waals surface area contributed by atoms with Gasteiger partial charge in [-0.1, -0.05) is 36.4 Å². The van der Waals surface area contributed by atoms with Crippen LogP contribution in [0.15, 0.2) is 48.5 Å². The minimum absolute atomic E-state index is 0.278. The van der Waals surface area contributed by atoms with Crippen LogP contribution in [-0.2, 0) is 0 Å². The van der Waals surface area contributed by atoms with E-state index in [1.807, 2.05) is 31.2 Å². The number of thiol groups is 1. The smallest absolute Gasteiger partial charge is 0.115 e. The molecule has 1 unspecified atom stereocenters. The number of aryl methyl sites for hydroxylation is 1. The molecule has 0 bridgehead atoms. The second-order valence-electron chi connectivity index (χ2n) is 4.19. The van der Waals surface area contributed by atoms with Gasteiger partial charge in [-0.3, -0.25) is 0 Å². The SMILES string of the molecule is Cc1cc(O)ccc1C(CS)c1ccccc1. The maximum Gasteiger partial charge on any atom is 0.115 e. The summed E-state index contributed by atoms with van der Waals surface area (Å²) < 4.78 is 0. The van der Waals surface area contributed by atoms with Crippen LogP contribution in [0.3, 0.4) is 0 Å². The summed E-state index contributed by atoms with van der Waals surface area (Å²) in [7, 11) is 0. The molecule has 0 spiro atoms. The Labute approximate surface area is 108 Å². The summed E-state index contributed by atoms with van der Waals surface area (Å²) in [6, 6.07) is 15.9.